The normalized spacial score (nSPS) is 10.7. The average molecular weight is 151 g/mol. The van der Waals surface area contributed by atoms with E-state index in [2.05, 4.69) is 10.2 Å². The number of aryl methyl sites for hydroxylation is 1. The van der Waals surface area contributed by atoms with E-state index < -0.39 is 0 Å². The number of hydrogen-bond acceptors (Lipinski definition) is 2. The Morgan fingerprint density at radius 2 is 2.36 bits per heavy atom. The van der Waals surface area contributed by atoms with Crippen LogP contribution in [0.3, 0.4) is 0 Å². The third-order valence-electron chi connectivity index (χ3n) is 1.65. The lowest BCUT2D eigenvalue weighted by Gasteiger charge is -1.96. The highest BCUT2D eigenvalue weighted by Crippen LogP contribution is 2.09. The molecular weight excluding hydrogens is 145 g/mol. The molecule has 0 saturated heterocycles. The molecule has 0 fully saturated rings. The third-order valence-corrected chi connectivity index (χ3v) is 1.65. The first kappa shape index (κ1) is 6.27. The molecule has 2 aromatic heterocycles. The number of nitrogens with zero attached hydrogens (tertiary/aromatic N) is 3. The highest BCUT2D eigenvalue weighted by molar-refractivity contribution is 5.45. The van der Waals surface area contributed by atoms with Crippen LogP contribution in [0.4, 0.5) is 4.39 Å². The van der Waals surface area contributed by atoms with Crippen LogP contribution in [0.1, 0.15) is 5.56 Å². The first-order valence-electron chi connectivity index (χ1n) is 3.23. The lowest BCUT2D eigenvalue weighted by atomic mass is 10.3. The van der Waals surface area contributed by atoms with Gasteiger partial charge in [0, 0.05) is 11.8 Å². The molecule has 0 bridgehead atoms. The SMILES string of the molecule is Cc1c(F)ccn2cnnc12. The molecule has 0 atom stereocenters. The number of pyridine rings is 1. The standard InChI is InChI=1S/C7H6FN3/c1-5-6(8)2-3-11-4-9-10-7(5)11/h2-4H,1H3. The second-order valence-corrected chi connectivity index (χ2v) is 2.35. The molecule has 2 rings (SSSR count). The first-order chi connectivity index (χ1) is 5.29. The van der Waals surface area contributed by atoms with Crippen LogP contribution in [0.2, 0.25) is 0 Å². The van der Waals surface area contributed by atoms with Crippen molar-refractivity contribution in [2.24, 2.45) is 0 Å². The largest absolute Gasteiger partial charge is 0.289 e. The van der Waals surface area contributed by atoms with Gasteiger partial charge in [0.2, 0.25) is 0 Å². The van der Waals surface area contributed by atoms with Crippen LogP contribution in [0.15, 0.2) is 18.6 Å². The second kappa shape index (κ2) is 2.02. The van der Waals surface area contributed by atoms with Crippen molar-refractivity contribution < 1.29 is 4.39 Å². The Labute approximate surface area is 62.5 Å². The number of fused-ring (bicyclic) bond motifs is 1. The maximum atomic E-state index is 12.8. The second-order valence-electron chi connectivity index (χ2n) is 2.35. The molecule has 0 N–H and O–H groups in total. The number of halogens is 1. The number of rotatable bonds is 0. The van der Waals surface area contributed by atoms with E-state index >= 15 is 0 Å². The molecule has 0 aliphatic heterocycles. The van der Waals surface area contributed by atoms with Crippen molar-refractivity contribution in [1.29, 1.82) is 0 Å². The maximum absolute atomic E-state index is 12.8. The zero-order valence-electron chi connectivity index (χ0n) is 5.95. The van der Waals surface area contributed by atoms with Crippen LogP contribution >= 0.6 is 0 Å². The maximum Gasteiger partial charge on any atom is 0.166 e. The minimum atomic E-state index is -0.245. The fraction of sp³-hybridized carbons (Fsp3) is 0.143. The van der Waals surface area contributed by atoms with E-state index in [1.165, 1.54) is 6.07 Å². The molecule has 0 aromatic carbocycles. The zero-order valence-corrected chi connectivity index (χ0v) is 5.95. The van der Waals surface area contributed by atoms with Crippen molar-refractivity contribution in [2.45, 2.75) is 6.92 Å². The monoisotopic (exact) mass is 151 g/mol. The zero-order chi connectivity index (χ0) is 7.84. The summed E-state index contributed by atoms with van der Waals surface area (Å²) in [5.41, 5.74) is 1.11. The van der Waals surface area contributed by atoms with Gasteiger partial charge in [0.1, 0.15) is 12.1 Å². The molecule has 0 aliphatic carbocycles. The fourth-order valence-corrected chi connectivity index (χ4v) is 0.998. The molecule has 0 saturated carbocycles. The minimum absolute atomic E-state index is 0.245. The van der Waals surface area contributed by atoms with E-state index in [1.54, 1.807) is 23.8 Å². The summed E-state index contributed by atoms with van der Waals surface area (Å²) in [6.45, 7) is 1.68. The topological polar surface area (TPSA) is 30.2 Å². The molecule has 56 valence electrons. The van der Waals surface area contributed by atoms with Gasteiger partial charge in [-0.25, -0.2) is 4.39 Å². The van der Waals surface area contributed by atoms with Gasteiger partial charge < -0.3 is 0 Å². The molecule has 0 radical (unpaired) electrons. The summed E-state index contributed by atoms with van der Waals surface area (Å²) < 4.78 is 14.5. The van der Waals surface area contributed by atoms with Crippen molar-refractivity contribution in [2.75, 3.05) is 0 Å². The van der Waals surface area contributed by atoms with E-state index in [0.717, 1.165) is 0 Å². The van der Waals surface area contributed by atoms with Gasteiger partial charge in [-0.2, -0.15) is 0 Å². The molecule has 0 unspecified atom stereocenters. The first-order valence-corrected chi connectivity index (χ1v) is 3.23. The summed E-state index contributed by atoms with van der Waals surface area (Å²) in [4.78, 5) is 0. The summed E-state index contributed by atoms with van der Waals surface area (Å²) in [7, 11) is 0. The van der Waals surface area contributed by atoms with Gasteiger partial charge in [0.15, 0.2) is 5.65 Å². The molecule has 3 nitrogen and oxygen atoms in total. The Kier molecular flexibility index (Phi) is 1.15. The Balaban J connectivity index is 2.93. The van der Waals surface area contributed by atoms with E-state index in [-0.39, 0.29) is 5.82 Å². The molecule has 0 aliphatic rings. The summed E-state index contributed by atoms with van der Waals surface area (Å²) >= 11 is 0. The highest BCUT2D eigenvalue weighted by atomic mass is 19.1. The third kappa shape index (κ3) is 0.790. The van der Waals surface area contributed by atoms with E-state index in [1.807, 2.05) is 0 Å². The van der Waals surface area contributed by atoms with Crippen LogP contribution in [0, 0.1) is 12.7 Å². The van der Waals surface area contributed by atoms with Crippen LogP contribution in [0.25, 0.3) is 5.65 Å². The highest BCUT2D eigenvalue weighted by Gasteiger charge is 2.03. The van der Waals surface area contributed by atoms with E-state index in [9.17, 15) is 4.39 Å². The van der Waals surface area contributed by atoms with Gasteiger partial charge >= 0.3 is 0 Å². The van der Waals surface area contributed by atoms with Crippen molar-refractivity contribution in [3.05, 3.63) is 30.0 Å². The van der Waals surface area contributed by atoms with Gasteiger partial charge in [-0.3, -0.25) is 4.40 Å². The summed E-state index contributed by atoms with van der Waals surface area (Å²) in [5, 5.41) is 7.40. The number of hydrogen-bond donors (Lipinski definition) is 0. The van der Waals surface area contributed by atoms with Crippen molar-refractivity contribution in [3.63, 3.8) is 0 Å². The molecule has 11 heavy (non-hydrogen) atoms. The van der Waals surface area contributed by atoms with Gasteiger partial charge in [0.05, 0.1) is 0 Å². The molecule has 2 heterocycles. The fourth-order valence-electron chi connectivity index (χ4n) is 0.998. The van der Waals surface area contributed by atoms with Gasteiger partial charge in [-0.05, 0) is 13.0 Å². The quantitative estimate of drug-likeness (QED) is 0.565. The van der Waals surface area contributed by atoms with Gasteiger partial charge in [-0.1, -0.05) is 0 Å². The van der Waals surface area contributed by atoms with E-state index in [0.29, 0.717) is 11.2 Å². The Bertz CT molecular complexity index is 393. The van der Waals surface area contributed by atoms with Crippen LogP contribution < -0.4 is 0 Å². The van der Waals surface area contributed by atoms with Crippen molar-refractivity contribution >= 4 is 5.65 Å². The van der Waals surface area contributed by atoms with Gasteiger partial charge in [0.25, 0.3) is 0 Å². The smallest absolute Gasteiger partial charge is 0.166 e. The van der Waals surface area contributed by atoms with Crippen molar-refractivity contribution in [3.8, 4) is 0 Å². The summed E-state index contributed by atoms with van der Waals surface area (Å²) in [5.74, 6) is -0.245. The molecule has 2 aromatic rings. The molecular formula is C7H6FN3. The lowest BCUT2D eigenvalue weighted by molar-refractivity contribution is 0.617. The molecule has 0 spiro atoms. The summed E-state index contributed by atoms with van der Waals surface area (Å²) in [6, 6.07) is 1.39. The predicted octanol–water partition coefficient (Wildman–Crippen LogP) is 1.18. The van der Waals surface area contributed by atoms with Crippen molar-refractivity contribution in [1.82, 2.24) is 14.6 Å². The predicted molar refractivity (Wildman–Crippen MR) is 37.7 cm³/mol. The Hall–Kier alpha value is -1.45. The Morgan fingerprint density at radius 3 is 3.18 bits per heavy atom. The lowest BCUT2D eigenvalue weighted by Crippen LogP contribution is -1.89. The molecule has 0 amide bonds. The Morgan fingerprint density at radius 1 is 1.55 bits per heavy atom. The number of aromatic nitrogens is 3. The van der Waals surface area contributed by atoms with Crippen LogP contribution in [-0.2, 0) is 0 Å². The minimum Gasteiger partial charge on any atom is -0.289 e. The van der Waals surface area contributed by atoms with Crippen LogP contribution in [0.5, 0.6) is 0 Å². The average Bonchev–Trinajstić information content (AvgIpc) is 2.45. The van der Waals surface area contributed by atoms with Crippen LogP contribution in [-0.4, -0.2) is 14.6 Å². The summed E-state index contributed by atoms with van der Waals surface area (Å²) in [6.07, 6.45) is 3.14. The van der Waals surface area contributed by atoms with E-state index in [4.69, 9.17) is 0 Å². The molecule has 4 heteroatoms. The van der Waals surface area contributed by atoms with Gasteiger partial charge in [-0.15, -0.1) is 10.2 Å².